The summed E-state index contributed by atoms with van der Waals surface area (Å²) in [7, 11) is 0. The Morgan fingerprint density at radius 1 is 1.39 bits per heavy atom. The molecule has 0 radical (unpaired) electrons. The van der Waals surface area contributed by atoms with Crippen LogP contribution in [0.2, 0.25) is 0 Å². The Labute approximate surface area is 128 Å². The molecule has 0 aliphatic heterocycles. The lowest BCUT2D eigenvalue weighted by Gasteiger charge is -2.06. The Bertz CT molecular complexity index is 871. The van der Waals surface area contributed by atoms with Crippen molar-refractivity contribution in [3.8, 4) is 11.6 Å². The molecule has 0 spiro atoms. The van der Waals surface area contributed by atoms with Gasteiger partial charge in [0.25, 0.3) is 6.43 Å². The van der Waals surface area contributed by atoms with E-state index in [1.165, 1.54) is 16.8 Å². The molecule has 1 aliphatic rings. The van der Waals surface area contributed by atoms with Gasteiger partial charge in [0.15, 0.2) is 11.4 Å². The van der Waals surface area contributed by atoms with Crippen LogP contribution in [0.5, 0.6) is 0 Å². The van der Waals surface area contributed by atoms with Crippen molar-refractivity contribution < 1.29 is 18.0 Å². The zero-order valence-corrected chi connectivity index (χ0v) is 11.7. The summed E-state index contributed by atoms with van der Waals surface area (Å²) in [6.45, 7) is 0. The van der Waals surface area contributed by atoms with Crippen molar-refractivity contribution in [1.29, 1.82) is 0 Å². The minimum Gasteiger partial charge on any atom is -0.461 e. The molecule has 0 unspecified atom stereocenters. The molecule has 7 nitrogen and oxygen atoms in total. The summed E-state index contributed by atoms with van der Waals surface area (Å²) in [5.74, 6) is 0.0101. The highest BCUT2D eigenvalue weighted by molar-refractivity contribution is 5.93. The van der Waals surface area contributed by atoms with E-state index in [2.05, 4.69) is 20.4 Å². The lowest BCUT2D eigenvalue weighted by Crippen LogP contribution is -2.15. The standard InChI is InChI=1S/C14H11F2N5O2/c15-11(16)12-19-10-6-9(18-14(22)7-3-4-7)17-13(21(10)20-12)8-2-1-5-23-8/h1-2,5-7,11H,3-4H2,(H,18,22). The maximum absolute atomic E-state index is 12.9. The first-order valence-electron chi connectivity index (χ1n) is 7.02. The van der Waals surface area contributed by atoms with E-state index in [4.69, 9.17) is 4.42 Å². The topological polar surface area (TPSA) is 85.3 Å². The van der Waals surface area contributed by atoms with Gasteiger partial charge in [0, 0.05) is 12.0 Å². The first-order valence-corrected chi connectivity index (χ1v) is 7.02. The highest BCUT2D eigenvalue weighted by Crippen LogP contribution is 2.30. The second-order valence-corrected chi connectivity index (χ2v) is 5.25. The number of nitrogens with one attached hydrogen (secondary N) is 1. The number of halogens is 2. The highest BCUT2D eigenvalue weighted by Gasteiger charge is 2.30. The van der Waals surface area contributed by atoms with Gasteiger partial charge in [-0.25, -0.2) is 18.7 Å². The molecule has 3 aromatic heterocycles. The normalized spacial score (nSPS) is 14.6. The Kier molecular flexibility index (Phi) is 3.07. The predicted molar refractivity (Wildman–Crippen MR) is 74.8 cm³/mol. The van der Waals surface area contributed by atoms with Crippen LogP contribution in [0.1, 0.15) is 25.1 Å². The summed E-state index contributed by atoms with van der Waals surface area (Å²) in [6.07, 6.45) is 0.325. The van der Waals surface area contributed by atoms with Crippen LogP contribution < -0.4 is 5.32 Å². The van der Waals surface area contributed by atoms with Gasteiger partial charge in [-0.05, 0) is 25.0 Å². The summed E-state index contributed by atoms with van der Waals surface area (Å²) in [4.78, 5) is 19.9. The van der Waals surface area contributed by atoms with Gasteiger partial charge in [0.05, 0.1) is 6.26 Å². The number of anilines is 1. The van der Waals surface area contributed by atoms with Gasteiger partial charge in [0.1, 0.15) is 5.82 Å². The number of carbonyl (C=O) groups is 1. The van der Waals surface area contributed by atoms with Crippen LogP contribution in [0, 0.1) is 5.92 Å². The van der Waals surface area contributed by atoms with E-state index in [0.717, 1.165) is 12.8 Å². The maximum Gasteiger partial charge on any atom is 0.299 e. The predicted octanol–water partition coefficient (Wildman–Crippen LogP) is 2.67. The molecule has 0 bridgehead atoms. The molecule has 1 saturated carbocycles. The summed E-state index contributed by atoms with van der Waals surface area (Å²) in [5.41, 5.74) is 0.160. The number of alkyl halides is 2. The smallest absolute Gasteiger partial charge is 0.299 e. The van der Waals surface area contributed by atoms with E-state index in [0.29, 0.717) is 5.76 Å². The molecular formula is C14H11F2N5O2. The SMILES string of the molecule is O=C(Nc1cc2nc(C(F)F)nn2c(-c2ccco2)n1)C1CC1. The van der Waals surface area contributed by atoms with Crippen molar-refractivity contribution in [2.24, 2.45) is 5.92 Å². The summed E-state index contributed by atoms with van der Waals surface area (Å²) < 4.78 is 32.1. The van der Waals surface area contributed by atoms with Gasteiger partial charge in [-0.15, -0.1) is 5.10 Å². The number of furan rings is 1. The minimum atomic E-state index is -2.80. The van der Waals surface area contributed by atoms with Crippen molar-refractivity contribution >= 4 is 17.4 Å². The first-order chi connectivity index (χ1) is 11.1. The van der Waals surface area contributed by atoms with Gasteiger partial charge in [-0.2, -0.15) is 4.52 Å². The Hall–Kier alpha value is -2.84. The molecule has 3 aromatic rings. The van der Waals surface area contributed by atoms with E-state index in [-0.39, 0.29) is 29.1 Å². The number of rotatable bonds is 4. The van der Waals surface area contributed by atoms with Crippen molar-refractivity contribution in [2.45, 2.75) is 19.3 Å². The first kappa shape index (κ1) is 13.8. The highest BCUT2D eigenvalue weighted by atomic mass is 19.3. The molecular weight excluding hydrogens is 308 g/mol. The summed E-state index contributed by atoms with van der Waals surface area (Å²) >= 11 is 0. The minimum absolute atomic E-state index is 0.00501. The zero-order valence-electron chi connectivity index (χ0n) is 11.7. The largest absolute Gasteiger partial charge is 0.461 e. The molecule has 23 heavy (non-hydrogen) atoms. The zero-order chi connectivity index (χ0) is 16.0. The van der Waals surface area contributed by atoms with Gasteiger partial charge >= 0.3 is 0 Å². The van der Waals surface area contributed by atoms with E-state index in [9.17, 15) is 13.6 Å². The van der Waals surface area contributed by atoms with Gasteiger partial charge in [-0.1, -0.05) is 0 Å². The molecule has 9 heteroatoms. The van der Waals surface area contributed by atoms with Gasteiger partial charge in [-0.3, -0.25) is 4.79 Å². The molecule has 1 N–H and O–H groups in total. The fourth-order valence-corrected chi connectivity index (χ4v) is 2.20. The average molecular weight is 319 g/mol. The Morgan fingerprint density at radius 2 is 2.22 bits per heavy atom. The number of carbonyl (C=O) groups excluding carboxylic acids is 1. The third-order valence-corrected chi connectivity index (χ3v) is 3.48. The van der Waals surface area contributed by atoms with Crippen LogP contribution >= 0.6 is 0 Å². The molecule has 1 aliphatic carbocycles. The number of hydrogen-bond acceptors (Lipinski definition) is 5. The molecule has 3 heterocycles. The second kappa shape index (κ2) is 5.11. The monoisotopic (exact) mass is 319 g/mol. The number of hydrogen-bond donors (Lipinski definition) is 1. The number of fused-ring (bicyclic) bond motifs is 1. The third-order valence-electron chi connectivity index (χ3n) is 3.48. The second-order valence-electron chi connectivity index (χ2n) is 5.25. The third kappa shape index (κ3) is 2.54. The molecule has 4 rings (SSSR count). The molecule has 0 aromatic carbocycles. The van der Waals surface area contributed by atoms with Crippen molar-refractivity contribution in [1.82, 2.24) is 19.6 Å². The number of aromatic nitrogens is 4. The van der Waals surface area contributed by atoms with E-state index in [1.807, 2.05) is 0 Å². The quantitative estimate of drug-likeness (QED) is 0.799. The van der Waals surface area contributed by atoms with Crippen molar-refractivity contribution in [3.05, 3.63) is 30.3 Å². The van der Waals surface area contributed by atoms with Crippen LogP contribution in [0.15, 0.2) is 28.9 Å². The Balaban J connectivity index is 1.83. The lowest BCUT2D eigenvalue weighted by molar-refractivity contribution is -0.117. The fraction of sp³-hybridized carbons (Fsp3) is 0.286. The fourth-order valence-electron chi connectivity index (χ4n) is 2.20. The van der Waals surface area contributed by atoms with E-state index in [1.54, 1.807) is 12.1 Å². The van der Waals surface area contributed by atoms with Gasteiger partial charge < -0.3 is 9.73 Å². The molecule has 118 valence electrons. The van der Waals surface area contributed by atoms with Crippen LogP contribution in [0.4, 0.5) is 14.6 Å². The number of nitrogens with zero attached hydrogens (tertiary/aromatic N) is 4. The summed E-state index contributed by atoms with van der Waals surface area (Å²) in [5, 5.41) is 6.43. The van der Waals surface area contributed by atoms with E-state index < -0.39 is 12.2 Å². The lowest BCUT2D eigenvalue weighted by atomic mass is 10.3. The van der Waals surface area contributed by atoms with Crippen LogP contribution in [-0.4, -0.2) is 25.5 Å². The van der Waals surface area contributed by atoms with Gasteiger partial charge in [0.2, 0.25) is 17.6 Å². The average Bonchev–Trinajstić information content (AvgIpc) is 3.07. The van der Waals surface area contributed by atoms with Crippen molar-refractivity contribution in [2.75, 3.05) is 5.32 Å². The number of amides is 1. The summed E-state index contributed by atoms with van der Waals surface area (Å²) in [6, 6.07) is 4.67. The molecule has 0 saturated heterocycles. The van der Waals surface area contributed by atoms with Crippen LogP contribution in [-0.2, 0) is 4.79 Å². The molecule has 1 fully saturated rings. The molecule has 0 atom stereocenters. The van der Waals surface area contributed by atoms with E-state index >= 15 is 0 Å². The van der Waals surface area contributed by atoms with Crippen LogP contribution in [0.3, 0.4) is 0 Å². The van der Waals surface area contributed by atoms with Crippen LogP contribution in [0.25, 0.3) is 17.2 Å². The Morgan fingerprint density at radius 3 is 2.87 bits per heavy atom. The maximum atomic E-state index is 12.9. The molecule has 1 amide bonds. The van der Waals surface area contributed by atoms with Crippen molar-refractivity contribution in [3.63, 3.8) is 0 Å².